The van der Waals surface area contributed by atoms with Crippen LogP contribution in [0.15, 0.2) is 24.3 Å². The maximum atomic E-state index is 12.1. The minimum atomic E-state index is -0.0210. The smallest absolute Gasteiger partial charge is 0.244 e. The molecule has 1 heterocycles. The summed E-state index contributed by atoms with van der Waals surface area (Å²) in [4.78, 5) is 14.0. The summed E-state index contributed by atoms with van der Waals surface area (Å²) in [5.41, 5.74) is 2.45. The Bertz CT molecular complexity index is 431. The summed E-state index contributed by atoms with van der Waals surface area (Å²) in [6.45, 7) is 7.39. The zero-order chi connectivity index (χ0) is 13.3. The van der Waals surface area contributed by atoms with Gasteiger partial charge in [-0.25, -0.2) is 0 Å². The van der Waals surface area contributed by atoms with Crippen LogP contribution in [0.3, 0.4) is 0 Å². The molecular formula is C15H22N2O. The van der Waals surface area contributed by atoms with Gasteiger partial charge in [0.25, 0.3) is 0 Å². The molecule has 2 rings (SSSR count). The summed E-state index contributed by atoms with van der Waals surface area (Å²) in [6.07, 6.45) is 0.885. The van der Waals surface area contributed by atoms with Gasteiger partial charge in [-0.1, -0.05) is 32.9 Å². The second-order valence-electron chi connectivity index (χ2n) is 5.92. The van der Waals surface area contributed by atoms with Crippen molar-refractivity contribution in [3.8, 4) is 0 Å². The molecule has 1 N–H and O–H groups in total. The summed E-state index contributed by atoms with van der Waals surface area (Å²) < 4.78 is 0. The summed E-state index contributed by atoms with van der Waals surface area (Å²) in [6, 6.07) is 8.32. The molecule has 1 fully saturated rings. The van der Waals surface area contributed by atoms with Gasteiger partial charge in [-0.05, 0) is 36.6 Å². The van der Waals surface area contributed by atoms with Crippen molar-refractivity contribution in [2.75, 3.05) is 18.5 Å². The molecule has 0 radical (unpaired) electrons. The number of hydrogen-bond acceptors (Lipinski definition) is 2. The van der Waals surface area contributed by atoms with Gasteiger partial charge >= 0.3 is 0 Å². The third-order valence-electron chi connectivity index (χ3n) is 3.60. The fourth-order valence-corrected chi connectivity index (χ4v) is 2.35. The maximum absolute atomic E-state index is 12.1. The Labute approximate surface area is 109 Å². The van der Waals surface area contributed by atoms with Crippen LogP contribution < -0.4 is 10.2 Å². The maximum Gasteiger partial charge on any atom is 0.244 e. The first-order valence-corrected chi connectivity index (χ1v) is 6.52. The highest BCUT2D eigenvalue weighted by Crippen LogP contribution is 2.27. The Kier molecular flexibility index (Phi) is 3.44. The van der Waals surface area contributed by atoms with Crippen molar-refractivity contribution in [3.05, 3.63) is 29.8 Å². The van der Waals surface area contributed by atoms with Crippen LogP contribution in [-0.2, 0) is 10.2 Å². The van der Waals surface area contributed by atoms with Gasteiger partial charge in [-0.2, -0.15) is 0 Å². The van der Waals surface area contributed by atoms with Gasteiger partial charge in [-0.3, -0.25) is 4.79 Å². The molecule has 3 heteroatoms. The predicted molar refractivity (Wildman–Crippen MR) is 75.0 cm³/mol. The van der Waals surface area contributed by atoms with Crippen molar-refractivity contribution in [3.63, 3.8) is 0 Å². The molecule has 1 amide bonds. The number of nitrogens with one attached hydrogen (secondary N) is 1. The van der Waals surface area contributed by atoms with Crippen LogP contribution >= 0.6 is 0 Å². The van der Waals surface area contributed by atoms with Crippen LogP contribution in [-0.4, -0.2) is 25.5 Å². The van der Waals surface area contributed by atoms with Gasteiger partial charge < -0.3 is 10.2 Å². The lowest BCUT2D eigenvalue weighted by atomic mass is 9.87. The van der Waals surface area contributed by atoms with E-state index in [0.29, 0.717) is 0 Å². The number of amides is 1. The lowest BCUT2D eigenvalue weighted by Crippen LogP contribution is -2.36. The van der Waals surface area contributed by atoms with Crippen LogP contribution in [0.25, 0.3) is 0 Å². The third kappa shape index (κ3) is 2.41. The van der Waals surface area contributed by atoms with E-state index in [-0.39, 0.29) is 17.4 Å². The molecule has 1 aromatic rings. The summed E-state index contributed by atoms with van der Waals surface area (Å²) in [5, 5.41) is 3.06. The summed E-state index contributed by atoms with van der Waals surface area (Å²) in [5.74, 6) is 0.181. The van der Waals surface area contributed by atoms with Crippen LogP contribution in [0.4, 0.5) is 5.69 Å². The normalized spacial score (nSPS) is 20.6. The molecule has 3 nitrogen and oxygen atoms in total. The lowest BCUT2D eigenvalue weighted by Gasteiger charge is -2.21. The van der Waals surface area contributed by atoms with Crippen molar-refractivity contribution in [1.29, 1.82) is 0 Å². The first kappa shape index (κ1) is 13.1. The SMILES string of the molecule is CNC1CCN(c2ccc(C(C)(C)C)cc2)C1=O. The van der Waals surface area contributed by atoms with Crippen molar-refractivity contribution < 1.29 is 4.79 Å². The van der Waals surface area contributed by atoms with E-state index in [1.807, 2.05) is 11.9 Å². The van der Waals surface area contributed by atoms with E-state index in [2.05, 4.69) is 50.4 Å². The van der Waals surface area contributed by atoms with Crippen LogP contribution in [0.5, 0.6) is 0 Å². The average Bonchev–Trinajstić information content (AvgIpc) is 2.69. The monoisotopic (exact) mass is 246 g/mol. The lowest BCUT2D eigenvalue weighted by molar-refractivity contribution is -0.118. The molecule has 0 spiro atoms. The van der Waals surface area contributed by atoms with Crippen LogP contribution in [0, 0.1) is 0 Å². The van der Waals surface area contributed by atoms with Gasteiger partial charge in [0.05, 0.1) is 6.04 Å². The Morgan fingerprint density at radius 1 is 1.22 bits per heavy atom. The quantitative estimate of drug-likeness (QED) is 0.868. The Morgan fingerprint density at radius 3 is 2.28 bits per heavy atom. The number of carbonyl (C=O) groups is 1. The molecule has 0 aromatic heterocycles. The number of likely N-dealkylation sites (N-methyl/N-ethyl adjacent to an activating group) is 1. The standard InChI is InChI=1S/C15H22N2O/c1-15(2,3)11-5-7-12(8-6-11)17-10-9-13(16-4)14(17)18/h5-8,13,16H,9-10H2,1-4H3. The number of hydrogen-bond donors (Lipinski definition) is 1. The molecule has 0 saturated carbocycles. The fourth-order valence-electron chi connectivity index (χ4n) is 2.35. The molecule has 98 valence electrons. The Hall–Kier alpha value is -1.35. The van der Waals surface area contributed by atoms with Crippen molar-refractivity contribution in [2.45, 2.75) is 38.6 Å². The van der Waals surface area contributed by atoms with E-state index in [4.69, 9.17) is 0 Å². The number of nitrogens with zero attached hydrogens (tertiary/aromatic N) is 1. The highest BCUT2D eigenvalue weighted by molar-refractivity contribution is 5.99. The van der Waals surface area contributed by atoms with Crippen LogP contribution in [0.1, 0.15) is 32.8 Å². The van der Waals surface area contributed by atoms with Crippen molar-refractivity contribution in [1.82, 2.24) is 5.32 Å². The van der Waals surface area contributed by atoms with Crippen molar-refractivity contribution in [2.24, 2.45) is 0 Å². The van der Waals surface area contributed by atoms with E-state index >= 15 is 0 Å². The van der Waals surface area contributed by atoms with Gasteiger partial charge in [-0.15, -0.1) is 0 Å². The molecule has 18 heavy (non-hydrogen) atoms. The number of anilines is 1. The predicted octanol–water partition coefficient (Wildman–Crippen LogP) is 2.31. The van der Waals surface area contributed by atoms with E-state index in [1.165, 1.54) is 5.56 Å². The average molecular weight is 246 g/mol. The second-order valence-corrected chi connectivity index (χ2v) is 5.92. The number of rotatable bonds is 2. The first-order chi connectivity index (χ1) is 8.43. The van der Waals surface area contributed by atoms with E-state index in [9.17, 15) is 4.79 Å². The molecule has 1 aliphatic heterocycles. The number of carbonyl (C=O) groups excluding carboxylic acids is 1. The molecular weight excluding hydrogens is 224 g/mol. The molecule has 1 aromatic carbocycles. The topological polar surface area (TPSA) is 32.3 Å². The molecule has 1 atom stereocenters. The van der Waals surface area contributed by atoms with Gasteiger partial charge in [0.2, 0.25) is 5.91 Å². The zero-order valence-electron chi connectivity index (χ0n) is 11.7. The summed E-state index contributed by atoms with van der Waals surface area (Å²) >= 11 is 0. The van der Waals surface area contributed by atoms with Gasteiger partial charge in [0, 0.05) is 12.2 Å². The Morgan fingerprint density at radius 2 is 1.83 bits per heavy atom. The summed E-state index contributed by atoms with van der Waals surface area (Å²) in [7, 11) is 1.84. The minimum Gasteiger partial charge on any atom is -0.311 e. The molecule has 0 aliphatic carbocycles. The Balaban J connectivity index is 2.19. The second kappa shape index (κ2) is 4.73. The van der Waals surface area contributed by atoms with Gasteiger partial charge in [0.15, 0.2) is 0 Å². The minimum absolute atomic E-state index is 0.0210. The molecule has 1 unspecified atom stereocenters. The van der Waals surface area contributed by atoms with E-state index in [1.54, 1.807) is 0 Å². The largest absolute Gasteiger partial charge is 0.311 e. The fraction of sp³-hybridized carbons (Fsp3) is 0.533. The third-order valence-corrected chi connectivity index (χ3v) is 3.60. The zero-order valence-corrected chi connectivity index (χ0v) is 11.7. The number of benzene rings is 1. The highest BCUT2D eigenvalue weighted by atomic mass is 16.2. The first-order valence-electron chi connectivity index (χ1n) is 6.52. The molecule has 1 aliphatic rings. The highest BCUT2D eigenvalue weighted by Gasteiger charge is 2.31. The van der Waals surface area contributed by atoms with E-state index in [0.717, 1.165) is 18.7 Å². The van der Waals surface area contributed by atoms with Gasteiger partial charge in [0.1, 0.15) is 0 Å². The van der Waals surface area contributed by atoms with E-state index < -0.39 is 0 Å². The molecule has 1 saturated heterocycles. The van der Waals surface area contributed by atoms with Crippen LogP contribution in [0.2, 0.25) is 0 Å². The molecule has 0 bridgehead atoms. The van der Waals surface area contributed by atoms with Crippen molar-refractivity contribution >= 4 is 11.6 Å².